The van der Waals surface area contributed by atoms with Crippen LogP contribution in [0.5, 0.6) is 5.75 Å². The van der Waals surface area contributed by atoms with Gasteiger partial charge in [0.15, 0.2) is 0 Å². The van der Waals surface area contributed by atoms with Gasteiger partial charge in [0.2, 0.25) is 0 Å². The minimum absolute atomic E-state index is 0.0790. The smallest absolute Gasteiger partial charge is 0.137 e. The average Bonchev–Trinajstić information content (AvgIpc) is 2.17. The van der Waals surface area contributed by atoms with E-state index in [1.165, 1.54) is 0 Å². The molecule has 0 unspecified atom stereocenters. The molecule has 1 aromatic rings. The van der Waals surface area contributed by atoms with Crippen molar-refractivity contribution < 1.29 is 14.6 Å². The van der Waals surface area contributed by atoms with Crippen LogP contribution in [0.15, 0.2) is 18.2 Å². The fraction of sp³-hybridized carbons (Fsp3) is 0.455. The molecule has 0 atom stereocenters. The molecule has 1 aliphatic heterocycles. The molecule has 3 nitrogen and oxygen atoms in total. The van der Waals surface area contributed by atoms with E-state index in [9.17, 15) is 5.11 Å². The Morgan fingerprint density at radius 1 is 1.53 bits per heavy atom. The summed E-state index contributed by atoms with van der Waals surface area (Å²) in [5, 5.41) is 9.92. The van der Waals surface area contributed by atoms with Crippen LogP contribution in [0, 0.1) is 0 Å². The van der Waals surface area contributed by atoms with E-state index in [0.29, 0.717) is 24.0 Å². The standard InChI is InChI=1S/C11H13ClO3/c1-14-10-3-2-8(4-9(10)12)11(5-13)6-15-7-11/h2-4,13H,5-7H2,1H3. The van der Waals surface area contributed by atoms with Crippen LogP contribution in [0.25, 0.3) is 0 Å². The zero-order valence-corrected chi connectivity index (χ0v) is 9.25. The van der Waals surface area contributed by atoms with Crippen molar-refractivity contribution in [3.8, 4) is 5.75 Å². The summed E-state index contributed by atoms with van der Waals surface area (Å²) in [6, 6.07) is 5.57. The predicted molar refractivity (Wildman–Crippen MR) is 57.6 cm³/mol. The van der Waals surface area contributed by atoms with Crippen LogP contribution in [0.4, 0.5) is 0 Å². The van der Waals surface area contributed by atoms with Gasteiger partial charge in [0.25, 0.3) is 0 Å². The van der Waals surface area contributed by atoms with Crippen molar-refractivity contribution in [2.75, 3.05) is 26.9 Å². The van der Waals surface area contributed by atoms with Crippen molar-refractivity contribution in [1.82, 2.24) is 0 Å². The molecule has 0 saturated carbocycles. The highest BCUT2D eigenvalue weighted by Crippen LogP contribution is 2.35. The van der Waals surface area contributed by atoms with Gasteiger partial charge in [-0.15, -0.1) is 0 Å². The molecule has 2 rings (SSSR count). The van der Waals surface area contributed by atoms with Crippen LogP contribution in [0.2, 0.25) is 5.02 Å². The van der Waals surface area contributed by atoms with E-state index in [2.05, 4.69) is 0 Å². The topological polar surface area (TPSA) is 38.7 Å². The molecule has 1 N–H and O–H groups in total. The molecular weight excluding hydrogens is 216 g/mol. The Bertz CT molecular complexity index is 355. The number of hydrogen-bond acceptors (Lipinski definition) is 3. The molecule has 1 fully saturated rings. The molecule has 0 radical (unpaired) electrons. The number of aliphatic hydroxyl groups is 1. The lowest BCUT2D eigenvalue weighted by molar-refractivity contribution is -0.0841. The van der Waals surface area contributed by atoms with Crippen molar-refractivity contribution in [2.45, 2.75) is 5.41 Å². The normalized spacial score (nSPS) is 18.3. The SMILES string of the molecule is COc1ccc(C2(CO)COC2)cc1Cl. The molecule has 4 heteroatoms. The van der Waals surface area contributed by atoms with Gasteiger partial charge in [-0.2, -0.15) is 0 Å². The van der Waals surface area contributed by atoms with Crippen LogP contribution in [-0.4, -0.2) is 32.0 Å². The van der Waals surface area contributed by atoms with Gasteiger partial charge in [-0.3, -0.25) is 0 Å². The zero-order chi connectivity index (χ0) is 10.9. The van der Waals surface area contributed by atoms with E-state index in [1.807, 2.05) is 18.2 Å². The maximum Gasteiger partial charge on any atom is 0.137 e. The lowest BCUT2D eigenvalue weighted by atomic mass is 9.79. The minimum Gasteiger partial charge on any atom is -0.495 e. The lowest BCUT2D eigenvalue weighted by Crippen LogP contribution is -2.49. The highest BCUT2D eigenvalue weighted by atomic mass is 35.5. The van der Waals surface area contributed by atoms with Gasteiger partial charge in [0.1, 0.15) is 5.75 Å². The van der Waals surface area contributed by atoms with Gasteiger partial charge in [0.05, 0.1) is 37.4 Å². The Kier molecular flexibility index (Phi) is 2.87. The molecule has 0 aliphatic carbocycles. The van der Waals surface area contributed by atoms with Gasteiger partial charge in [-0.05, 0) is 17.7 Å². The lowest BCUT2D eigenvalue weighted by Gasteiger charge is -2.40. The molecule has 0 spiro atoms. The molecule has 15 heavy (non-hydrogen) atoms. The second-order valence-electron chi connectivity index (χ2n) is 3.78. The van der Waals surface area contributed by atoms with Gasteiger partial charge in [-0.25, -0.2) is 0 Å². The van der Waals surface area contributed by atoms with Crippen molar-refractivity contribution in [3.63, 3.8) is 0 Å². The number of hydrogen-bond donors (Lipinski definition) is 1. The largest absolute Gasteiger partial charge is 0.495 e. The quantitative estimate of drug-likeness (QED) is 0.854. The highest BCUT2D eigenvalue weighted by Gasteiger charge is 2.40. The zero-order valence-electron chi connectivity index (χ0n) is 8.50. The number of halogens is 1. The Morgan fingerprint density at radius 3 is 2.67 bits per heavy atom. The first-order valence-corrected chi connectivity index (χ1v) is 5.12. The van der Waals surface area contributed by atoms with Crippen LogP contribution in [0.3, 0.4) is 0 Å². The number of benzene rings is 1. The summed E-state index contributed by atoms with van der Waals surface area (Å²) in [5.74, 6) is 0.647. The van der Waals surface area contributed by atoms with E-state index in [1.54, 1.807) is 7.11 Å². The summed E-state index contributed by atoms with van der Waals surface area (Å²) >= 11 is 6.03. The third-order valence-corrected chi connectivity index (χ3v) is 3.12. The summed E-state index contributed by atoms with van der Waals surface area (Å²) in [5.41, 5.74) is 0.734. The van der Waals surface area contributed by atoms with E-state index in [4.69, 9.17) is 21.1 Å². The minimum atomic E-state index is -0.268. The van der Waals surface area contributed by atoms with Crippen LogP contribution >= 0.6 is 11.6 Å². The second kappa shape index (κ2) is 4.00. The second-order valence-corrected chi connectivity index (χ2v) is 4.19. The molecule has 82 valence electrons. The summed E-state index contributed by atoms with van der Waals surface area (Å²) in [4.78, 5) is 0. The molecule has 0 aromatic heterocycles. The van der Waals surface area contributed by atoms with Gasteiger partial charge < -0.3 is 14.6 Å². The molecular formula is C11H13ClO3. The highest BCUT2D eigenvalue weighted by molar-refractivity contribution is 6.32. The van der Waals surface area contributed by atoms with E-state index in [-0.39, 0.29) is 12.0 Å². The predicted octanol–water partition coefficient (Wildman–Crippen LogP) is 1.61. The summed E-state index contributed by atoms with van der Waals surface area (Å²) in [6.45, 7) is 1.17. The first-order valence-electron chi connectivity index (χ1n) is 4.74. The van der Waals surface area contributed by atoms with E-state index in [0.717, 1.165) is 5.56 Å². The average molecular weight is 229 g/mol. The monoisotopic (exact) mass is 228 g/mol. The van der Waals surface area contributed by atoms with E-state index >= 15 is 0 Å². The fourth-order valence-corrected chi connectivity index (χ4v) is 1.95. The molecule has 0 bridgehead atoms. The van der Waals surface area contributed by atoms with Gasteiger partial charge >= 0.3 is 0 Å². The van der Waals surface area contributed by atoms with Gasteiger partial charge in [-0.1, -0.05) is 17.7 Å². The van der Waals surface area contributed by atoms with Crippen LogP contribution < -0.4 is 4.74 Å². The van der Waals surface area contributed by atoms with Crippen LogP contribution in [0.1, 0.15) is 5.56 Å². The third kappa shape index (κ3) is 1.71. The number of rotatable bonds is 3. The fourth-order valence-electron chi connectivity index (χ4n) is 1.69. The Morgan fingerprint density at radius 2 is 2.27 bits per heavy atom. The summed E-state index contributed by atoms with van der Waals surface area (Å²) in [6.07, 6.45) is 0. The summed E-state index contributed by atoms with van der Waals surface area (Å²) < 4.78 is 10.2. The molecule has 1 heterocycles. The maximum atomic E-state index is 9.35. The molecule has 0 amide bonds. The van der Waals surface area contributed by atoms with Crippen LogP contribution in [-0.2, 0) is 10.2 Å². The first kappa shape index (κ1) is 10.7. The Balaban J connectivity index is 2.33. The maximum absolute atomic E-state index is 9.35. The molecule has 1 aliphatic rings. The number of ether oxygens (including phenoxy) is 2. The number of methoxy groups -OCH3 is 1. The van der Waals surface area contributed by atoms with Crippen molar-refractivity contribution in [2.24, 2.45) is 0 Å². The molecule has 1 aromatic carbocycles. The number of aliphatic hydroxyl groups excluding tert-OH is 1. The Labute approximate surface area is 93.6 Å². The molecule has 1 saturated heterocycles. The third-order valence-electron chi connectivity index (χ3n) is 2.82. The summed E-state index contributed by atoms with van der Waals surface area (Å²) in [7, 11) is 1.58. The van der Waals surface area contributed by atoms with E-state index < -0.39 is 0 Å². The van der Waals surface area contributed by atoms with Gasteiger partial charge in [0, 0.05) is 0 Å². The van der Waals surface area contributed by atoms with Crippen molar-refractivity contribution in [1.29, 1.82) is 0 Å². The van der Waals surface area contributed by atoms with Crippen molar-refractivity contribution >= 4 is 11.6 Å². The Hall–Kier alpha value is -0.770. The first-order chi connectivity index (χ1) is 7.22. The van der Waals surface area contributed by atoms with Crippen molar-refractivity contribution in [3.05, 3.63) is 28.8 Å².